The van der Waals surface area contributed by atoms with Crippen LogP contribution in [-0.4, -0.2) is 30.4 Å². The molecule has 0 saturated carbocycles. The molecule has 2 N–H and O–H groups in total. The Hall–Kier alpha value is -1.06. The fraction of sp³-hybridized carbons (Fsp3) is 0.600. The van der Waals surface area contributed by atoms with E-state index >= 15 is 0 Å². The summed E-state index contributed by atoms with van der Waals surface area (Å²) in [5.41, 5.74) is 2.35. The van der Waals surface area contributed by atoms with Crippen LogP contribution in [0.3, 0.4) is 0 Å². The number of piperidine rings is 1. The van der Waals surface area contributed by atoms with Crippen molar-refractivity contribution in [2.24, 2.45) is 0 Å². The summed E-state index contributed by atoms with van der Waals surface area (Å²) in [5, 5.41) is 13.4. The summed E-state index contributed by atoms with van der Waals surface area (Å²) < 4.78 is 5.72. The van der Waals surface area contributed by atoms with Crippen LogP contribution >= 0.6 is 0 Å². The van der Waals surface area contributed by atoms with Gasteiger partial charge in [0.1, 0.15) is 18.5 Å². The fourth-order valence-corrected chi connectivity index (χ4v) is 2.46. The van der Waals surface area contributed by atoms with E-state index in [1.165, 1.54) is 18.4 Å². The Labute approximate surface area is 109 Å². The van der Waals surface area contributed by atoms with Crippen molar-refractivity contribution in [3.8, 4) is 5.75 Å². The van der Waals surface area contributed by atoms with Gasteiger partial charge in [-0.05, 0) is 44.9 Å². The molecule has 0 aromatic heterocycles. The van der Waals surface area contributed by atoms with Crippen LogP contribution in [0.25, 0.3) is 0 Å². The zero-order valence-electron chi connectivity index (χ0n) is 11.3. The molecule has 1 aliphatic rings. The van der Waals surface area contributed by atoms with Gasteiger partial charge in [-0.15, -0.1) is 0 Å². The summed E-state index contributed by atoms with van der Waals surface area (Å²) >= 11 is 0. The van der Waals surface area contributed by atoms with Crippen LogP contribution in [0.5, 0.6) is 5.75 Å². The average molecular weight is 249 g/mol. The third-order valence-electron chi connectivity index (χ3n) is 3.55. The molecule has 2 rings (SSSR count). The number of hydrogen-bond acceptors (Lipinski definition) is 3. The van der Waals surface area contributed by atoms with Gasteiger partial charge in [0, 0.05) is 6.04 Å². The van der Waals surface area contributed by atoms with Gasteiger partial charge in [0.2, 0.25) is 0 Å². The molecule has 1 aromatic rings. The molecule has 3 heteroatoms. The first kappa shape index (κ1) is 13.4. The van der Waals surface area contributed by atoms with E-state index in [9.17, 15) is 5.11 Å². The maximum Gasteiger partial charge on any atom is 0.122 e. The summed E-state index contributed by atoms with van der Waals surface area (Å²) in [7, 11) is 0. The minimum absolute atomic E-state index is 0.185. The lowest BCUT2D eigenvalue weighted by atomic mass is 10.0. The molecule has 0 aliphatic carbocycles. The van der Waals surface area contributed by atoms with Crippen LogP contribution in [0.2, 0.25) is 0 Å². The summed E-state index contributed by atoms with van der Waals surface area (Å²) in [6, 6.07) is 6.30. The Morgan fingerprint density at radius 1 is 1.39 bits per heavy atom. The van der Waals surface area contributed by atoms with Crippen molar-refractivity contribution in [3.63, 3.8) is 0 Å². The molecular weight excluding hydrogens is 226 g/mol. The van der Waals surface area contributed by atoms with Gasteiger partial charge in [-0.1, -0.05) is 24.1 Å². The Bertz CT molecular complexity index is 386. The lowest BCUT2D eigenvalue weighted by molar-refractivity contribution is 0.0637. The van der Waals surface area contributed by atoms with Crippen molar-refractivity contribution >= 4 is 0 Å². The van der Waals surface area contributed by atoms with Crippen LogP contribution in [0, 0.1) is 13.8 Å². The largest absolute Gasteiger partial charge is 0.491 e. The van der Waals surface area contributed by atoms with Gasteiger partial charge in [0.15, 0.2) is 0 Å². The van der Waals surface area contributed by atoms with E-state index in [2.05, 4.69) is 18.3 Å². The molecule has 18 heavy (non-hydrogen) atoms. The van der Waals surface area contributed by atoms with E-state index in [1.807, 2.05) is 19.1 Å². The minimum Gasteiger partial charge on any atom is -0.491 e. The first-order valence-corrected chi connectivity index (χ1v) is 6.78. The highest BCUT2D eigenvalue weighted by Gasteiger charge is 2.21. The zero-order valence-corrected chi connectivity index (χ0v) is 11.3. The highest BCUT2D eigenvalue weighted by atomic mass is 16.5. The molecule has 1 aromatic carbocycles. The summed E-state index contributed by atoms with van der Waals surface area (Å²) in [6.07, 6.45) is 3.02. The highest BCUT2D eigenvalue weighted by Crippen LogP contribution is 2.19. The minimum atomic E-state index is -0.425. The van der Waals surface area contributed by atoms with Gasteiger partial charge in [-0.3, -0.25) is 0 Å². The summed E-state index contributed by atoms with van der Waals surface area (Å²) in [4.78, 5) is 0. The van der Waals surface area contributed by atoms with Gasteiger partial charge in [0.05, 0.1) is 0 Å². The molecule has 1 heterocycles. The molecule has 100 valence electrons. The van der Waals surface area contributed by atoms with Gasteiger partial charge >= 0.3 is 0 Å². The quantitative estimate of drug-likeness (QED) is 0.859. The maximum absolute atomic E-state index is 10.1. The molecule has 0 bridgehead atoms. The maximum atomic E-state index is 10.1. The lowest BCUT2D eigenvalue weighted by Gasteiger charge is -2.28. The van der Waals surface area contributed by atoms with Crippen LogP contribution in [0.4, 0.5) is 0 Å². The van der Waals surface area contributed by atoms with Crippen molar-refractivity contribution in [2.75, 3.05) is 13.2 Å². The Morgan fingerprint density at radius 3 is 2.89 bits per heavy atom. The summed E-state index contributed by atoms with van der Waals surface area (Å²) in [6.45, 7) is 5.47. The second-order valence-electron chi connectivity index (χ2n) is 5.20. The average Bonchev–Trinajstić information content (AvgIpc) is 2.38. The van der Waals surface area contributed by atoms with E-state index < -0.39 is 6.10 Å². The van der Waals surface area contributed by atoms with Gasteiger partial charge < -0.3 is 15.2 Å². The smallest absolute Gasteiger partial charge is 0.122 e. The number of ether oxygens (including phenoxy) is 1. The molecular formula is C15H23NO2. The Balaban J connectivity index is 1.86. The molecule has 0 spiro atoms. The van der Waals surface area contributed by atoms with Crippen molar-refractivity contribution in [2.45, 2.75) is 45.3 Å². The van der Waals surface area contributed by atoms with Crippen molar-refractivity contribution < 1.29 is 9.84 Å². The van der Waals surface area contributed by atoms with E-state index in [-0.39, 0.29) is 6.04 Å². The zero-order chi connectivity index (χ0) is 13.0. The SMILES string of the molecule is Cc1ccc(OCC(O)C2CCCCN2)c(C)c1. The first-order valence-electron chi connectivity index (χ1n) is 6.78. The topological polar surface area (TPSA) is 41.5 Å². The predicted octanol–water partition coefficient (Wildman–Crippen LogP) is 2.19. The molecule has 3 nitrogen and oxygen atoms in total. The number of aryl methyl sites for hydroxylation is 2. The number of aliphatic hydroxyl groups is 1. The van der Waals surface area contributed by atoms with Crippen LogP contribution in [0.15, 0.2) is 18.2 Å². The third kappa shape index (κ3) is 3.47. The summed E-state index contributed by atoms with van der Waals surface area (Å²) in [5.74, 6) is 0.871. The van der Waals surface area contributed by atoms with Crippen molar-refractivity contribution in [1.82, 2.24) is 5.32 Å². The van der Waals surface area contributed by atoms with Crippen LogP contribution in [-0.2, 0) is 0 Å². The predicted molar refractivity (Wildman–Crippen MR) is 73.1 cm³/mol. The van der Waals surface area contributed by atoms with Crippen LogP contribution < -0.4 is 10.1 Å². The molecule has 2 atom stereocenters. The number of hydrogen-bond donors (Lipinski definition) is 2. The van der Waals surface area contributed by atoms with Gasteiger partial charge in [-0.2, -0.15) is 0 Å². The first-order chi connectivity index (χ1) is 8.66. The molecule has 0 radical (unpaired) electrons. The molecule has 0 amide bonds. The number of nitrogens with one attached hydrogen (secondary N) is 1. The molecule has 1 aliphatic heterocycles. The van der Waals surface area contributed by atoms with E-state index in [4.69, 9.17) is 4.74 Å². The Kier molecular flexibility index (Phi) is 4.61. The van der Waals surface area contributed by atoms with E-state index in [0.29, 0.717) is 6.61 Å². The second kappa shape index (κ2) is 6.21. The Morgan fingerprint density at radius 2 is 2.22 bits per heavy atom. The normalized spacial score (nSPS) is 21.6. The van der Waals surface area contributed by atoms with Gasteiger partial charge in [-0.25, -0.2) is 0 Å². The standard InChI is InChI=1S/C15H23NO2/c1-11-6-7-15(12(2)9-11)18-10-14(17)13-5-3-4-8-16-13/h6-7,9,13-14,16-17H,3-5,8,10H2,1-2H3. The number of aliphatic hydroxyl groups excluding tert-OH is 1. The van der Waals surface area contributed by atoms with Gasteiger partial charge in [0.25, 0.3) is 0 Å². The van der Waals surface area contributed by atoms with Crippen molar-refractivity contribution in [3.05, 3.63) is 29.3 Å². The van der Waals surface area contributed by atoms with Crippen LogP contribution in [0.1, 0.15) is 30.4 Å². The molecule has 1 saturated heterocycles. The third-order valence-corrected chi connectivity index (χ3v) is 3.55. The number of rotatable bonds is 4. The van der Waals surface area contributed by atoms with E-state index in [0.717, 1.165) is 24.3 Å². The monoisotopic (exact) mass is 249 g/mol. The van der Waals surface area contributed by atoms with E-state index in [1.54, 1.807) is 0 Å². The highest BCUT2D eigenvalue weighted by molar-refractivity contribution is 5.35. The molecule has 1 fully saturated rings. The fourth-order valence-electron chi connectivity index (χ4n) is 2.46. The number of benzene rings is 1. The molecule has 2 unspecified atom stereocenters. The lowest BCUT2D eigenvalue weighted by Crippen LogP contribution is -2.45. The second-order valence-corrected chi connectivity index (χ2v) is 5.20. The van der Waals surface area contributed by atoms with Crippen molar-refractivity contribution in [1.29, 1.82) is 0 Å².